The maximum absolute atomic E-state index is 5.72. The number of rotatable bonds is 2. The average Bonchev–Trinajstić information content (AvgIpc) is 1.98. The number of hydrogen-bond acceptors (Lipinski definition) is 2. The third-order valence-electron chi connectivity index (χ3n) is 1.35. The van der Waals surface area contributed by atoms with Crippen LogP contribution in [0.3, 0.4) is 0 Å². The molecule has 0 spiro atoms. The summed E-state index contributed by atoms with van der Waals surface area (Å²) >= 11 is 9.97. The minimum atomic E-state index is -0.0186. The molecule has 0 aliphatic rings. The van der Waals surface area contributed by atoms with Gasteiger partial charge >= 0.3 is 0 Å². The van der Waals surface area contributed by atoms with Crippen molar-refractivity contribution in [3.8, 4) is 5.75 Å². The van der Waals surface area contributed by atoms with Crippen LogP contribution in [0.1, 0.15) is 6.92 Å². The van der Waals surface area contributed by atoms with Gasteiger partial charge in [-0.25, -0.2) is 0 Å². The van der Waals surface area contributed by atoms with Crippen molar-refractivity contribution in [1.29, 1.82) is 0 Å². The molecular weight excluding hydrogens is 366 g/mol. The van der Waals surface area contributed by atoms with Crippen molar-refractivity contribution in [1.82, 2.24) is 0 Å². The molecule has 1 aromatic rings. The number of nitrogens with two attached hydrogens (primary N) is 1. The Labute approximate surface area is 102 Å². The van der Waals surface area contributed by atoms with Crippen LogP contribution >= 0.6 is 47.8 Å². The summed E-state index contributed by atoms with van der Waals surface area (Å²) in [7, 11) is 0. The van der Waals surface area contributed by atoms with Gasteiger partial charge in [0, 0.05) is 8.95 Å². The quantitative estimate of drug-likeness (QED) is 0.630. The molecule has 13 heavy (non-hydrogen) atoms. The Morgan fingerprint density at radius 2 is 1.77 bits per heavy atom. The molecule has 0 saturated carbocycles. The second-order valence-electron chi connectivity index (χ2n) is 2.46. The van der Waals surface area contributed by atoms with Gasteiger partial charge in [-0.05, 0) is 66.8 Å². The lowest BCUT2D eigenvalue weighted by molar-refractivity contribution is 0.314. The van der Waals surface area contributed by atoms with Crippen LogP contribution in [0.15, 0.2) is 21.1 Å². The molecule has 0 bridgehead atoms. The van der Waals surface area contributed by atoms with E-state index >= 15 is 0 Å². The van der Waals surface area contributed by atoms with Gasteiger partial charge in [0.1, 0.15) is 5.75 Å². The Morgan fingerprint density at radius 1 is 1.31 bits per heavy atom. The fraction of sp³-hybridized carbons (Fsp3) is 0.250. The summed E-state index contributed by atoms with van der Waals surface area (Å²) in [5.74, 6) is 0.761. The van der Waals surface area contributed by atoms with Crippen molar-refractivity contribution in [2.75, 3.05) is 5.73 Å². The zero-order chi connectivity index (χ0) is 10.0. The van der Waals surface area contributed by atoms with Crippen molar-refractivity contribution in [3.63, 3.8) is 0 Å². The van der Waals surface area contributed by atoms with Gasteiger partial charge in [-0.15, -0.1) is 0 Å². The zero-order valence-corrected chi connectivity index (χ0v) is 11.6. The van der Waals surface area contributed by atoms with E-state index in [9.17, 15) is 0 Å². The van der Waals surface area contributed by atoms with Crippen molar-refractivity contribution in [2.45, 2.75) is 11.9 Å². The Balaban J connectivity index is 2.99. The second kappa shape index (κ2) is 4.66. The topological polar surface area (TPSA) is 35.2 Å². The van der Waals surface area contributed by atoms with E-state index in [2.05, 4.69) is 47.8 Å². The molecule has 2 N–H and O–H groups in total. The lowest BCUT2D eigenvalue weighted by Crippen LogP contribution is -2.02. The van der Waals surface area contributed by atoms with Crippen LogP contribution in [0.2, 0.25) is 0 Å². The number of ether oxygens (including phenoxy) is 1. The maximum atomic E-state index is 5.72. The molecule has 0 radical (unpaired) electrons. The third kappa shape index (κ3) is 3.14. The first-order valence-corrected chi connectivity index (χ1v) is 6.06. The van der Waals surface area contributed by atoms with E-state index in [1.165, 1.54) is 0 Å². The smallest absolute Gasteiger partial charge is 0.150 e. The molecule has 5 heteroatoms. The van der Waals surface area contributed by atoms with Crippen molar-refractivity contribution < 1.29 is 4.74 Å². The number of alkyl halides is 1. The van der Waals surface area contributed by atoms with Crippen molar-refractivity contribution in [2.24, 2.45) is 0 Å². The molecular formula is C8H8Br3NO. The predicted octanol–water partition coefficient (Wildman–Crippen LogP) is 3.91. The van der Waals surface area contributed by atoms with Crippen LogP contribution in [0.5, 0.6) is 5.75 Å². The highest BCUT2D eigenvalue weighted by molar-refractivity contribution is 9.11. The first-order valence-electron chi connectivity index (χ1n) is 3.56. The Morgan fingerprint density at radius 3 is 2.15 bits per heavy atom. The molecule has 0 saturated heterocycles. The molecule has 0 aliphatic heterocycles. The second-order valence-corrected chi connectivity index (χ2v) is 5.46. The monoisotopic (exact) mass is 371 g/mol. The highest BCUT2D eigenvalue weighted by Crippen LogP contribution is 2.33. The molecule has 1 aromatic carbocycles. The van der Waals surface area contributed by atoms with Gasteiger partial charge < -0.3 is 10.5 Å². The number of benzene rings is 1. The maximum Gasteiger partial charge on any atom is 0.150 e. The molecule has 0 heterocycles. The highest BCUT2D eigenvalue weighted by atomic mass is 79.9. The summed E-state index contributed by atoms with van der Waals surface area (Å²) in [6.07, 6.45) is 0. The van der Waals surface area contributed by atoms with Gasteiger partial charge in [0.05, 0.1) is 5.69 Å². The van der Waals surface area contributed by atoms with Gasteiger partial charge in [0.25, 0.3) is 0 Å². The summed E-state index contributed by atoms with van der Waals surface area (Å²) in [6, 6.07) is 3.66. The van der Waals surface area contributed by atoms with Gasteiger partial charge in [-0.3, -0.25) is 0 Å². The predicted molar refractivity (Wildman–Crippen MR) is 65.3 cm³/mol. The average molecular weight is 374 g/mol. The lowest BCUT2D eigenvalue weighted by Gasteiger charge is -2.10. The van der Waals surface area contributed by atoms with E-state index in [-0.39, 0.29) is 5.01 Å². The molecule has 72 valence electrons. The summed E-state index contributed by atoms with van der Waals surface area (Å²) in [5.41, 5.74) is 6.40. The van der Waals surface area contributed by atoms with Gasteiger partial charge in [-0.1, -0.05) is 0 Å². The lowest BCUT2D eigenvalue weighted by atomic mass is 10.3. The van der Waals surface area contributed by atoms with Crippen LogP contribution in [0, 0.1) is 0 Å². The van der Waals surface area contributed by atoms with Crippen LogP contribution in [-0.2, 0) is 0 Å². The molecule has 1 atom stereocenters. The van der Waals surface area contributed by atoms with Crippen LogP contribution in [0.25, 0.3) is 0 Å². The van der Waals surface area contributed by atoms with E-state index in [0.717, 1.165) is 14.7 Å². The third-order valence-corrected chi connectivity index (χ3v) is 2.85. The number of anilines is 1. The summed E-state index contributed by atoms with van der Waals surface area (Å²) in [6.45, 7) is 1.90. The number of nitrogen functional groups attached to an aromatic ring is 1. The van der Waals surface area contributed by atoms with Crippen molar-refractivity contribution in [3.05, 3.63) is 21.1 Å². The van der Waals surface area contributed by atoms with Crippen molar-refractivity contribution >= 4 is 53.5 Å². The Hall–Kier alpha value is 0.260. The normalized spacial score (nSPS) is 12.6. The molecule has 0 amide bonds. The Kier molecular flexibility index (Phi) is 4.06. The molecule has 1 rings (SSSR count). The molecule has 0 fully saturated rings. The highest BCUT2D eigenvalue weighted by Gasteiger charge is 2.06. The van der Waals surface area contributed by atoms with Crippen LogP contribution in [-0.4, -0.2) is 5.01 Å². The summed E-state index contributed by atoms with van der Waals surface area (Å²) in [5, 5.41) is -0.0186. The minimum absolute atomic E-state index is 0.0186. The van der Waals surface area contributed by atoms with E-state index in [1.807, 2.05) is 19.1 Å². The number of hydrogen-bond donors (Lipinski definition) is 1. The molecule has 0 aromatic heterocycles. The molecule has 1 unspecified atom stereocenters. The SMILES string of the molecule is CC(Br)Oc1cc(Br)c(N)c(Br)c1. The van der Waals surface area contributed by atoms with Gasteiger partial charge in [0.15, 0.2) is 5.01 Å². The van der Waals surface area contributed by atoms with E-state index in [0.29, 0.717) is 5.69 Å². The minimum Gasteiger partial charge on any atom is -0.479 e. The zero-order valence-electron chi connectivity index (χ0n) is 6.85. The summed E-state index contributed by atoms with van der Waals surface area (Å²) < 4.78 is 7.08. The molecule has 2 nitrogen and oxygen atoms in total. The standard InChI is InChI=1S/C8H8Br3NO/c1-4(9)13-5-2-6(10)8(12)7(11)3-5/h2-4H,12H2,1H3. The Bertz CT molecular complexity index is 291. The first kappa shape index (κ1) is 11.3. The van der Waals surface area contributed by atoms with E-state index in [4.69, 9.17) is 10.5 Å². The van der Waals surface area contributed by atoms with Crippen LogP contribution in [0.4, 0.5) is 5.69 Å². The van der Waals surface area contributed by atoms with Gasteiger partial charge in [0.2, 0.25) is 0 Å². The number of halogens is 3. The fourth-order valence-corrected chi connectivity index (χ4v) is 2.18. The van der Waals surface area contributed by atoms with Gasteiger partial charge in [-0.2, -0.15) is 0 Å². The van der Waals surface area contributed by atoms with E-state index < -0.39 is 0 Å². The van der Waals surface area contributed by atoms with Crippen LogP contribution < -0.4 is 10.5 Å². The van der Waals surface area contributed by atoms with E-state index in [1.54, 1.807) is 0 Å². The fourth-order valence-electron chi connectivity index (χ4n) is 0.817. The largest absolute Gasteiger partial charge is 0.479 e. The molecule has 0 aliphatic carbocycles. The summed E-state index contributed by atoms with van der Waals surface area (Å²) in [4.78, 5) is 0. The first-order chi connectivity index (χ1) is 6.00.